The van der Waals surface area contributed by atoms with Crippen LogP contribution in [0.1, 0.15) is 22.8 Å². The Hall–Kier alpha value is -3.33. The second-order valence-electron chi connectivity index (χ2n) is 9.80. The molecule has 0 bridgehead atoms. The number of carbonyl (C=O) groups is 2. The summed E-state index contributed by atoms with van der Waals surface area (Å²) in [6, 6.07) is 20.2. The average Bonchev–Trinajstić information content (AvgIpc) is 3.52. The number of ether oxygens (including phenoxy) is 1. The largest absolute Gasteiger partial charge is 0.448 e. The molecule has 8 nitrogen and oxygen atoms in total. The van der Waals surface area contributed by atoms with Crippen LogP contribution in [0, 0.1) is 5.41 Å². The number of nitrogens with zero attached hydrogens (tertiary/aromatic N) is 1. The lowest BCUT2D eigenvalue weighted by Gasteiger charge is -2.48. The van der Waals surface area contributed by atoms with Gasteiger partial charge in [0.1, 0.15) is 17.1 Å². The van der Waals surface area contributed by atoms with Gasteiger partial charge in [-0.3, -0.25) is 19.9 Å². The van der Waals surface area contributed by atoms with Gasteiger partial charge in [0, 0.05) is 17.1 Å². The topological polar surface area (TPSA) is 140 Å². The molecule has 2 aromatic carbocycles. The number of hydrogen-bond donors (Lipinski definition) is 3. The van der Waals surface area contributed by atoms with Crippen LogP contribution in [-0.4, -0.2) is 39.1 Å². The summed E-state index contributed by atoms with van der Waals surface area (Å²) >= 11 is 6.86. The number of thioether (sulfide) groups is 3. The Kier molecular flexibility index (Phi) is 9.31. The normalized spacial score (nSPS) is 18.1. The molecule has 2 atom stereocenters. The van der Waals surface area contributed by atoms with Crippen molar-refractivity contribution >= 4 is 84.4 Å². The van der Waals surface area contributed by atoms with Crippen molar-refractivity contribution in [3.63, 3.8) is 0 Å². The fourth-order valence-corrected chi connectivity index (χ4v) is 10.1. The average molecular weight is 679 g/mol. The molecular weight excluding hydrogens is 653 g/mol. The SMILES string of the molecule is N=C(N)SCc1c(S/C=C/C2=C(C(=O)OC(c3ccccc3)c3ccccc3)N3C(=O)C(N)C3SC2)sc2ccsc2c1=O. The molecule has 1 fully saturated rings. The van der Waals surface area contributed by atoms with E-state index < -0.39 is 18.1 Å². The summed E-state index contributed by atoms with van der Waals surface area (Å²) in [7, 11) is 0. The maximum absolute atomic E-state index is 14.0. The molecule has 6 rings (SSSR count). The van der Waals surface area contributed by atoms with Crippen molar-refractivity contribution in [1.29, 1.82) is 5.41 Å². The number of allylic oxidation sites excluding steroid dienone is 1. The van der Waals surface area contributed by atoms with Crippen LogP contribution in [0.15, 0.2) is 104 Å². The van der Waals surface area contributed by atoms with Gasteiger partial charge in [0.05, 0.1) is 13.6 Å². The first kappa shape index (κ1) is 30.7. The number of amidine groups is 1. The minimum Gasteiger partial charge on any atom is -0.448 e. The van der Waals surface area contributed by atoms with Crippen LogP contribution in [0.2, 0.25) is 0 Å². The summed E-state index contributed by atoms with van der Waals surface area (Å²) in [4.78, 5) is 41.6. The van der Waals surface area contributed by atoms with Gasteiger partial charge in [-0.2, -0.15) is 0 Å². The number of β-lactam (4-membered cyclic amide) rings is 1. The molecule has 0 spiro atoms. The Balaban J connectivity index is 1.34. The number of carbonyl (C=O) groups excluding carboxylic acids is 2. The van der Waals surface area contributed by atoms with Crippen molar-refractivity contribution in [2.45, 2.75) is 27.5 Å². The van der Waals surface area contributed by atoms with Crippen molar-refractivity contribution in [2.24, 2.45) is 11.5 Å². The number of hydrogen-bond acceptors (Lipinski definition) is 11. The summed E-state index contributed by atoms with van der Waals surface area (Å²) in [5.74, 6) is -0.195. The molecule has 5 N–H and O–H groups in total. The summed E-state index contributed by atoms with van der Waals surface area (Å²) in [6.07, 6.45) is 1.13. The standard InChI is InChI=1S/C31H26N4O4S5/c32-22-27(37)35-23(29(38)39-25(17-7-3-1-4-8-17)18-9-5-2-6-10-18)19(15-42-28(22)35)11-13-41-30-20(16-43-31(33)34)24(36)26-21(44-30)12-14-40-26/h1-14,22,25,28H,15-16,32H2,(H3,33,34)/b13-11+. The first-order valence-electron chi connectivity index (χ1n) is 13.4. The van der Waals surface area contributed by atoms with Gasteiger partial charge in [0.15, 0.2) is 11.3 Å². The lowest BCUT2D eigenvalue weighted by molar-refractivity contribution is -0.153. The fourth-order valence-electron chi connectivity index (χ4n) is 4.89. The smallest absolute Gasteiger partial charge is 0.356 e. The molecule has 4 heterocycles. The number of amides is 1. The van der Waals surface area contributed by atoms with Gasteiger partial charge in [-0.15, -0.1) is 34.4 Å². The monoisotopic (exact) mass is 678 g/mol. The van der Waals surface area contributed by atoms with Crippen LogP contribution >= 0.6 is 58.0 Å². The first-order chi connectivity index (χ1) is 21.3. The molecule has 0 saturated carbocycles. The lowest BCUT2D eigenvalue weighted by Crippen LogP contribution is -2.68. The van der Waals surface area contributed by atoms with Crippen LogP contribution < -0.4 is 16.9 Å². The zero-order chi connectivity index (χ0) is 30.8. The van der Waals surface area contributed by atoms with Gasteiger partial charge in [0.25, 0.3) is 0 Å². The summed E-state index contributed by atoms with van der Waals surface area (Å²) in [5, 5.41) is 10.9. The highest BCUT2D eigenvalue weighted by molar-refractivity contribution is 8.13. The van der Waals surface area contributed by atoms with Crippen molar-refractivity contribution < 1.29 is 14.3 Å². The van der Waals surface area contributed by atoms with E-state index in [2.05, 4.69) is 0 Å². The fraction of sp³-hybridized carbons (Fsp3) is 0.161. The Labute approximate surface area is 274 Å². The van der Waals surface area contributed by atoms with Crippen LogP contribution in [-0.2, 0) is 20.1 Å². The number of rotatable bonds is 9. The number of esters is 1. The molecule has 1 saturated heterocycles. The molecule has 0 aliphatic carbocycles. The second-order valence-corrected chi connectivity index (χ2v) is 15.1. The molecule has 13 heteroatoms. The minimum atomic E-state index is -0.683. The number of benzene rings is 2. The van der Waals surface area contributed by atoms with Crippen LogP contribution in [0.3, 0.4) is 0 Å². The van der Waals surface area contributed by atoms with Gasteiger partial charge in [0.2, 0.25) is 11.3 Å². The first-order valence-corrected chi connectivity index (χ1v) is 18.0. The molecule has 2 aliphatic heterocycles. The van der Waals surface area contributed by atoms with E-state index in [1.54, 1.807) is 6.08 Å². The third kappa shape index (κ3) is 6.12. The number of thiophene rings is 1. The van der Waals surface area contributed by atoms with Gasteiger partial charge < -0.3 is 16.2 Å². The third-order valence-corrected chi connectivity index (χ3v) is 12.4. The minimum absolute atomic E-state index is 0.0593. The molecule has 0 radical (unpaired) electrons. The van der Waals surface area contributed by atoms with Crippen LogP contribution in [0.25, 0.3) is 9.40 Å². The lowest BCUT2D eigenvalue weighted by atomic mass is 10.0. The zero-order valence-electron chi connectivity index (χ0n) is 23.0. The van der Waals surface area contributed by atoms with Crippen LogP contribution in [0.5, 0.6) is 0 Å². The van der Waals surface area contributed by atoms with E-state index >= 15 is 0 Å². The quantitative estimate of drug-likeness (QED) is 0.0651. The van der Waals surface area contributed by atoms with E-state index in [1.807, 2.05) is 77.5 Å². The van der Waals surface area contributed by atoms with Gasteiger partial charge in [-0.1, -0.05) is 84.2 Å². The summed E-state index contributed by atoms with van der Waals surface area (Å²) in [6.45, 7) is 0. The van der Waals surface area contributed by atoms with E-state index in [4.69, 9.17) is 21.6 Å². The van der Waals surface area contributed by atoms with Gasteiger partial charge in [-0.25, -0.2) is 4.79 Å². The molecule has 1 amide bonds. The number of nitrogens with one attached hydrogen (secondary N) is 1. The van der Waals surface area contributed by atoms with E-state index in [9.17, 15) is 14.4 Å². The number of fused-ring (bicyclic) bond motifs is 2. The van der Waals surface area contributed by atoms with Crippen molar-refractivity contribution in [3.05, 3.63) is 122 Å². The highest BCUT2D eigenvalue weighted by Gasteiger charge is 2.52. The van der Waals surface area contributed by atoms with Crippen molar-refractivity contribution in [1.82, 2.24) is 4.90 Å². The van der Waals surface area contributed by atoms with Gasteiger partial charge in [-0.05, 0) is 39.6 Å². The zero-order valence-corrected chi connectivity index (χ0v) is 27.1. The van der Waals surface area contributed by atoms with Crippen LogP contribution in [0.4, 0.5) is 0 Å². The second kappa shape index (κ2) is 13.3. The molecule has 4 aromatic rings. The summed E-state index contributed by atoms with van der Waals surface area (Å²) in [5.41, 5.74) is 14.6. The maximum Gasteiger partial charge on any atom is 0.356 e. The predicted octanol–water partition coefficient (Wildman–Crippen LogP) is 5.88. The Morgan fingerprint density at radius 1 is 1.09 bits per heavy atom. The molecule has 224 valence electrons. The molecule has 2 aliphatic rings. The molecule has 44 heavy (non-hydrogen) atoms. The van der Waals surface area contributed by atoms with Gasteiger partial charge >= 0.3 is 5.97 Å². The highest BCUT2D eigenvalue weighted by atomic mass is 32.2. The van der Waals surface area contributed by atoms with Crippen molar-refractivity contribution in [3.8, 4) is 0 Å². The van der Waals surface area contributed by atoms with E-state index in [1.165, 1.54) is 51.1 Å². The van der Waals surface area contributed by atoms with E-state index in [0.717, 1.165) is 31.8 Å². The predicted molar refractivity (Wildman–Crippen MR) is 183 cm³/mol. The van der Waals surface area contributed by atoms with E-state index in [-0.39, 0.29) is 33.3 Å². The Morgan fingerprint density at radius 3 is 2.43 bits per heavy atom. The Bertz CT molecular complexity index is 1820. The number of nitrogens with two attached hydrogens (primary N) is 2. The Morgan fingerprint density at radius 2 is 1.77 bits per heavy atom. The van der Waals surface area contributed by atoms with E-state index in [0.29, 0.717) is 21.6 Å². The molecular formula is C31H26N4O4S5. The molecule has 2 unspecified atom stereocenters. The summed E-state index contributed by atoms with van der Waals surface area (Å²) < 4.78 is 8.53. The third-order valence-electron chi connectivity index (χ3n) is 7.04. The van der Waals surface area contributed by atoms with Crippen molar-refractivity contribution in [2.75, 3.05) is 5.75 Å². The maximum atomic E-state index is 14.0. The highest BCUT2D eigenvalue weighted by Crippen LogP contribution is 2.42. The molecule has 2 aromatic heterocycles.